The molecule has 0 amide bonds. The van der Waals surface area contributed by atoms with Gasteiger partial charge in [0.25, 0.3) is 0 Å². The van der Waals surface area contributed by atoms with Gasteiger partial charge in [0.2, 0.25) is 0 Å². The van der Waals surface area contributed by atoms with Crippen LogP contribution in [0.4, 0.5) is 13.2 Å². The highest BCUT2D eigenvalue weighted by Crippen LogP contribution is 2.24. The number of nitrogens with zero attached hydrogens (tertiary/aromatic N) is 1. The molecule has 0 heterocycles. The van der Waals surface area contributed by atoms with E-state index < -0.39 is 12.6 Å². The SMILES string of the molecule is CCOc1ccc(C(C)=O)cc1CN(C)CCC(F)(F)F. The van der Waals surface area contributed by atoms with Gasteiger partial charge in [0.15, 0.2) is 5.78 Å². The summed E-state index contributed by atoms with van der Waals surface area (Å²) in [7, 11) is 1.61. The van der Waals surface area contributed by atoms with E-state index in [1.807, 2.05) is 6.92 Å². The van der Waals surface area contributed by atoms with Gasteiger partial charge in [-0.25, -0.2) is 0 Å². The Kier molecular flexibility index (Phi) is 6.20. The van der Waals surface area contributed by atoms with Crippen molar-refractivity contribution in [3.8, 4) is 5.75 Å². The molecule has 0 atom stereocenters. The van der Waals surface area contributed by atoms with Gasteiger partial charge in [0.05, 0.1) is 13.0 Å². The zero-order chi connectivity index (χ0) is 16.0. The van der Waals surface area contributed by atoms with Crippen molar-refractivity contribution >= 4 is 5.78 Å². The molecule has 0 saturated carbocycles. The first-order chi connectivity index (χ1) is 9.73. The Hall–Kier alpha value is -1.56. The Morgan fingerprint density at radius 1 is 1.33 bits per heavy atom. The molecule has 0 fully saturated rings. The minimum atomic E-state index is -4.17. The van der Waals surface area contributed by atoms with E-state index in [-0.39, 0.29) is 12.3 Å². The normalized spacial score (nSPS) is 11.8. The van der Waals surface area contributed by atoms with Crippen LogP contribution in [0, 0.1) is 0 Å². The third-order valence-corrected chi connectivity index (χ3v) is 2.98. The van der Waals surface area contributed by atoms with Crippen molar-refractivity contribution in [2.75, 3.05) is 20.2 Å². The van der Waals surface area contributed by atoms with Gasteiger partial charge in [-0.1, -0.05) is 0 Å². The number of alkyl halides is 3. The fourth-order valence-corrected chi connectivity index (χ4v) is 1.91. The minimum Gasteiger partial charge on any atom is -0.494 e. The van der Waals surface area contributed by atoms with Crippen molar-refractivity contribution < 1.29 is 22.7 Å². The first-order valence-electron chi connectivity index (χ1n) is 6.75. The Bertz CT molecular complexity index is 486. The van der Waals surface area contributed by atoms with E-state index in [1.165, 1.54) is 6.92 Å². The van der Waals surface area contributed by atoms with Gasteiger partial charge in [0, 0.05) is 24.2 Å². The molecule has 0 unspecified atom stereocenters. The summed E-state index contributed by atoms with van der Waals surface area (Å²) in [6, 6.07) is 5.02. The first kappa shape index (κ1) is 17.5. The fourth-order valence-electron chi connectivity index (χ4n) is 1.91. The molecule has 0 aliphatic heterocycles. The van der Waals surface area contributed by atoms with Crippen molar-refractivity contribution in [2.24, 2.45) is 0 Å². The maximum atomic E-state index is 12.2. The molecular formula is C15H20F3NO2. The van der Waals surface area contributed by atoms with E-state index in [9.17, 15) is 18.0 Å². The Balaban J connectivity index is 2.83. The van der Waals surface area contributed by atoms with Crippen LogP contribution in [0.25, 0.3) is 0 Å². The molecule has 6 heteroatoms. The average molecular weight is 303 g/mol. The van der Waals surface area contributed by atoms with Crippen molar-refractivity contribution in [2.45, 2.75) is 33.0 Å². The van der Waals surface area contributed by atoms with Crippen LogP contribution in [0.5, 0.6) is 5.75 Å². The molecule has 1 aromatic rings. The van der Waals surface area contributed by atoms with Crippen LogP contribution in [0.15, 0.2) is 18.2 Å². The highest BCUT2D eigenvalue weighted by Gasteiger charge is 2.27. The topological polar surface area (TPSA) is 29.5 Å². The van der Waals surface area contributed by atoms with Gasteiger partial charge in [-0.05, 0) is 39.1 Å². The van der Waals surface area contributed by atoms with Gasteiger partial charge >= 0.3 is 6.18 Å². The molecule has 0 N–H and O–H groups in total. The predicted octanol–water partition coefficient (Wildman–Crippen LogP) is 3.67. The molecule has 21 heavy (non-hydrogen) atoms. The van der Waals surface area contributed by atoms with E-state index in [4.69, 9.17) is 4.74 Å². The Labute approximate surface area is 122 Å². The fraction of sp³-hybridized carbons (Fsp3) is 0.533. The largest absolute Gasteiger partial charge is 0.494 e. The number of hydrogen-bond acceptors (Lipinski definition) is 3. The molecule has 0 spiro atoms. The smallest absolute Gasteiger partial charge is 0.390 e. The lowest BCUT2D eigenvalue weighted by Crippen LogP contribution is -2.24. The number of hydrogen-bond donors (Lipinski definition) is 0. The minimum absolute atomic E-state index is 0.0859. The lowest BCUT2D eigenvalue weighted by molar-refractivity contribution is -0.137. The van der Waals surface area contributed by atoms with E-state index in [0.717, 1.165) is 0 Å². The van der Waals surface area contributed by atoms with Crippen LogP contribution in [-0.2, 0) is 6.54 Å². The maximum Gasteiger partial charge on any atom is 0.390 e. The summed E-state index contributed by atoms with van der Waals surface area (Å²) in [6.07, 6.45) is -5.03. The van der Waals surface area contributed by atoms with Crippen molar-refractivity contribution in [1.82, 2.24) is 4.90 Å². The van der Waals surface area contributed by atoms with Crippen LogP contribution < -0.4 is 4.74 Å². The second-order valence-corrected chi connectivity index (χ2v) is 4.91. The van der Waals surface area contributed by atoms with Crippen LogP contribution in [0.3, 0.4) is 0 Å². The van der Waals surface area contributed by atoms with E-state index in [1.54, 1.807) is 30.1 Å². The number of ether oxygens (including phenoxy) is 1. The van der Waals surface area contributed by atoms with Crippen LogP contribution in [0.2, 0.25) is 0 Å². The molecule has 0 bridgehead atoms. The summed E-state index contributed by atoms with van der Waals surface area (Å²) in [5.74, 6) is 0.513. The average Bonchev–Trinajstić information content (AvgIpc) is 2.37. The highest BCUT2D eigenvalue weighted by molar-refractivity contribution is 5.94. The summed E-state index contributed by atoms with van der Waals surface area (Å²) < 4.78 is 42.1. The third kappa shape index (κ3) is 6.16. The molecule has 118 valence electrons. The van der Waals surface area contributed by atoms with Gasteiger partial charge in [-0.2, -0.15) is 13.2 Å². The highest BCUT2D eigenvalue weighted by atomic mass is 19.4. The molecule has 0 aliphatic rings. The van der Waals surface area contributed by atoms with Gasteiger partial charge in [-0.3, -0.25) is 4.79 Å². The molecule has 0 aliphatic carbocycles. The molecule has 0 aromatic heterocycles. The predicted molar refractivity (Wildman–Crippen MR) is 74.6 cm³/mol. The standard InChI is InChI=1S/C15H20F3NO2/c1-4-21-14-6-5-12(11(2)20)9-13(14)10-19(3)8-7-15(16,17)18/h5-6,9H,4,7-8,10H2,1-3H3. The van der Waals surface area contributed by atoms with Crippen molar-refractivity contribution in [3.05, 3.63) is 29.3 Å². The molecular weight excluding hydrogens is 283 g/mol. The van der Waals surface area contributed by atoms with E-state index in [0.29, 0.717) is 30.0 Å². The zero-order valence-electron chi connectivity index (χ0n) is 12.5. The van der Waals surface area contributed by atoms with Gasteiger partial charge in [-0.15, -0.1) is 0 Å². The van der Waals surface area contributed by atoms with Gasteiger partial charge in [0.1, 0.15) is 5.75 Å². The van der Waals surface area contributed by atoms with Crippen LogP contribution in [-0.4, -0.2) is 37.1 Å². The maximum absolute atomic E-state index is 12.2. The van der Waals surface area contributed by atoms with Crippen LogP contribution in [0.1, 0.15) is 36.2 Å². The molecule has 0 saturated heterocycles. The quantitative estimate of drug-likeness (QED) is 0.720. The molecule has 1 rings (SSSR count). The number of rotatable bonds is 7. The summed E-state index contributed by atoms with van der Waals surface area (Å²) in [4.78, 5) is 13.0. The van der Waals surface area contributed by atoms with E-state index >= 15 is 0 Å². The number of halogens is 3. The number of ketones is 1. The second-order valence-electron chi connectivity index (χ2n) is 4.91. The zero-order valence-corrected chi connectivity index (χ0v) is 12.5. The summed E-state index contributed by atoms with van der Waals surface area (Å²) in [6.45, 7) is 3.94. The molecule has 0 radical (unpaired) electrons. The molecule has 3 nitrogen and oxygen atoms in total. The Morgan fingerprint density at radius 2 is 2.00 bits per heavy atom. The number of Topliss-reactive ketones (excluding diaryl/α,β-unsaturated/α-hetero) is 1. The number of benzene rings is 1. The second kappa shape index (κ2) is 7.45. The Morgan fingerprint density at radius 3 is 2.52 bits per heavy atom. The summed E-state index contributed by atoms with van der Waals surface area (Å²) in [5.41, 5.74) is 1.24. The van der Waals surface area contributed by atoms with Crippen molar-refractivity contribution in [1.29, 1.82) is 0 Å². The summed E-state index contributed by atoms with van der Waals surface area (Å²) in [5, 5.41) is 0. The van der Waals surface area contributed by atoms with E-state index in [2.05, 4.69) is 0 Å². The third-order valence-electron chi connectivity index (χ3n) is 2.98. The van der Waals surface area contributed by atoms with Crippen molar-refractivity contribution in [3.63, 3.8) is 0 Å². The summed E-state index contributed by atoms with van der Waals surface area (Å²) >= 11 is 0. The van der Waals surface area contributed by atoms with Gasteiger partial charge < -0.3 is 9.64 Å². The monoisotopic (exact) mass is 303 g/mol. The number of carbonyl (C=O) groups is 1. The lowest BCUT2D eigenvalue weighted by atomic mass is 10.1. The lowest BCUT2D eigenvalue weighted by Gasteiger charge is -2.20. The first-order valence-corrected chi connectivity index (χ1v) is 6.75. The molecule has 1 aromatic carbocycles. The number of carbonyl (C=O) groups excluding carboxylic acids is 1. The van der Waals surface area contributed by atoms with Crippen LogP contribution >= 0.6 is 0 Å².